The Morgan fingerprint density at radius 3 is 2.21 bits per heavy atom. The molecule has 1 aromatic carbocycles. The summed E-state index contributed by atoms with van der Waals surface area (Å²) in [6.45, 7) is 1.76. The number of hydrogen-bond acceptors (Lipinski definition) is 2. The molecule has 0 bridgehead atoms. The van der Waals surface area contributed by atoms with E-state index in [-0.39, 0.29) is 11.8 Å². The number of hydrogen-bond donors (Lipinski definition) is 2. The van der Waals surface area contributed by atoms with E-state index in [4.69, 9.17) is 5.41 Å². The molecule has 2 rings (SSSR count). The summed E-state index contributed by atoms with van der Waals surface area (Å²) in [6, 6.07) is 7.51. The molecule has 3 heteroatoms. The van der Waals surface area contributed by atoms with Crippen LogP contribution in [0.1, 0.15) is 51.0 Å². The van der Waals surface area contributed by atoms with Crippen LogP contribution in [0.2, 0.25) is 0 Å². The molecular weight excluding hydrogens is 236 g/mol. The third-order valence-electron chi connectivity index (χ3n) is 3.81. The Kier molecular flexibility index (Phi) is 4.72. The average Bonchev–Trinajstić information content (AvgIpc) is 2.68. The molecule has 2 N–H and O–H groups in total. The highest BCUT2D eigenvalue weighted by atomic mass is 16.1. The number of carbonyl (C=O) groups excluding carboxylic acids is 1. The molecule has 0 unspecified atom stereocenters. The molecule has 0 atom stereocenters. The van der Waals surface area contributed by atoms with Gasteiger partial charge < -0.3 is 10.7 Å². The minimum absolute atomic E-state index is 0.154. The molecule has 102 valence electrons. The van der Waals surface area contributed by atoms with Crippen molar-refractivity contribution in [2.75, 3.05) is 5.32 Å². The molecule has 1 amide bonds. The van der Waals surface area contributed by atoms with E-state index in [9.17, 15) is 4.79 Å². The molecule has 1 aromatic rings. The van der Waals surface area contributed by atoms with Gasteiger partial charge in [-0.2, -0.15) is 0 Å². The average molecular weight is 258 g/mol. The summed E-state index contributed by atoms with van der Waals surface area (Å²) in [5.41, 5.74) is 2.27. The van der Waals surface area contributed by atoms with Gasteiger partial charge in [-0.15, -0.1) is 0 Å². The molecule has 0 heterocycles. The van der Waals surface area contributed by atoms with Crippen LogP contribution in [0.15, 0.2) is 24.3 Å². The van der Waals surface area contributed by atoms with Crippen molar-refractivity contribution in [3.8, 4) is 0 Å². The molecule has 3 nitrogen and oxygen atoms in total. The highest BCUT2D eigenvalue weighted by Crippen LogP contribution is 2.24. The minimum Gasteiger partial charge on any atom is -0.326 e. The lowest BCUT2D eigenvalue weighted by Crippen LogP contribution is -2.22. The number of rotatable bonds is 3. The topological polar surface area (TPSA) is 53.0 Å². The van der Waals surface area contributed by atoms with Gasteiger partial charge in [-0.25, -0.2) is 0 Å². The maximum atomic E-state index is 12.2. The summed E-state index contributed by atoms with van der Waals surface area (Å²) in [5.74, 6) is 0.327. The van der Waals surface area contributed by atoms with Crippen molar-refractivity contribution in [2.24, 2.45) is 5.92 Å². The van der Waals surface area contributed by atoms with Crippen molar-refractivity contribution in [2.45, 2.75) is 45.4 Å². The van der Waals surface area contributed by atoms with E-state index in [0.29, 0.717) is 5.71 Å². The van der Waals surface area contributed by atoms with Crippen LogP contribution in [0.25, 0.3) is 0 Å². The van der Waals surface area contributed by atoms with Crippen molar-refractivity contribution >= 4 is 17.3 Å². The number of carbonyl (C=O) groups is 1. The first-order valence-electron chi connectivity index (χ1n) is 7.13. The summed E-state index contributed by atoms with van der Waals surface area (Å²) in [5, 5.41) is 10.5. The molecule has 0 aromatic heterocycles. The van der Waals surface area contributed by atoms with Gasteiger partial charge in [0.1, 0.15) is 0 Å². The van der Waals surface area contributed by atoms with Gasteiger partial charge in [-0.1, -0.05) is 37.8 Å². The van der Waals surface area contributed by atoms with E-state index >= 15 is 0 Å². The summed E-state index contributed by atoms with van der Waals surface area (Å²) in [7, 11) is 0. The van der Waals surface area contributed by atoms with Crippen molar-refractivity contribution in [1.29, 1.82) is 5.41 Å². The standard InChI is InChI=1S/C16H22N2O/c1-12(17)13-8-10-15(11-9-13)18-16(19)14-6-4-2-3-5-7-14/h8-11,14,17H,2-7H2,1H3,(H,18,19). The van der Waals surface area contributed by atoms with Crippen LogP contribution in [0, 0.1) is 11.3 Å². The van der Waals surface area contributed by atoms with Crippen molar-refractivity contribution in [3.63, 3.8) is 0 Å². The lowest BCUT2D eigenvalue weighted by Gasteiger charge is -2.14. The van der Waals surface area contributed by atoms with E-state index < -0.39 is 0 Å². The van der Waals surface area contributed by atoms with Gasteiger partial charge in [-0.05, 0) is 37.5 Å². The second-order valence-corrected chi connectivity index (χ2v) is 5.38. The molecule has 0 aliphatic heterocycles. The van der Waals surface area contributed by atoms with Crippen LogP contribution in [0.4, 0.5) is 5.69 Å². The van der Waals surface area contributed by atoms with Gasteiger partial charge in [0.25, 0.3) is 0 Å². The first-order valence-corrected chi connectivity index (χ1v) is 7.13. The van der Waals surface area contributed by atoms with E-state index in [2.05, 4.69) is 5.32 Å². The van der Waals surface area contributed by atoms with Crippen molar-refractivity contribution < 1.29 is 4.79 Å². The first kappa shape index (κ1) is 13.8. The Morgan fingerprint density at radius 1 is 1.11 bits per heavy atom. The van der Waals surface area contributed by atoms with E-state index in [1.165, 1.54) is 25.7 Å². The molecule has 1 fully saturated rings. The summed E-state index contributed by atoms with van der Waals surface area (Å²) in [6.07, 6.45) is 6.90. The fourth-order valence-corrected chi connectivity index (χ4v) is 2.59. The van der Waals surface area contributed by atoms with Gasteiger partial charge in [0.15, 0.2) is 0 Å². The van der Waals surface area contributed by atoms with Crippen LogP contribution in [-0.2, 0) is 4.79 Å². The Bertz CT molecular complexity index is 442. The third kappa shape index (κ3) is 3.91. The Hall–Kier alpha value is -1.64. The van der Waals surface area contributed by atoms with Gasteiger partial charge in [0.2, 0.25) is 5.91 Å². The zero-order chi connectivity index (χ0) is 13.7. The van der Waals surface area contributed by atoms with Crippen LogP contribution in [-0.4, -0.2) is 11.6 Å². The Balaban J connectivity index is 1.95. The highest BCUT2D eigenvalue weighted by molar-refractivity contribution is 5.97. The molecule has 19 heavy (non-hydrogen) atoms. The zero-order valence-corrected chi connectivity index (χ0v) is 11.5. The second kappa shape index (κ2) is 6.50. The van der Waals surface area contributed by atoms with Crippen molar-refractivity contribution in [1.82, 2.24) is 0 Å². The summed E-state index contributed by atoms with van der Waals surface area (Å²) >= 11 is 0. The quantitative estimate of drug-likeness (QED) is 0.625. The zero-order valence-electron chi connectivity index (χ0n) is 11.5. The maximum Gasteiger partial charge on any atom is 0.227 e. The minimum atomic E-state index is 0.154. The number of amides is 1. The van der Waals surface area contributed by atoms with E-state index in [1.54, 1.807) is 6.92 Å². The van der Waals surface area contributed by atoms with Gasteiger partial charge in [0, 0.05) is 17.3 Å². The summed E-state index contributed by atoms with van der Waals surface area (Å²) < 4.78 is 0. The molecule has 0 saturated heterocycles. The normalized spacial score (nSPS) is 16.7. The fourth-order valence-electron chi connectivity index (χ4n) is 2.59. The number of anilines is 1. The number of benzene rings is 1. The van der Waals surface area contributed by atoms with Gasteiger partial charge >= 0.3 is 0 Å². The molecule has 1 aliphatic carbocycles. The SMILES string of the molecule is CC(=N)c1ccc(NC(=O)C2CCCCCC2)cc1. The van der Waals surface area contributed by atoms with E-state index in [1.807, 2.05) is 24.3 Å². The summed E-state index contributed by atoms with van der Waals surface area (Å²) in [4.78, 5) is 12.2. The molecule has 0 spiro atoms. The first-order chi connectivity index (χ1) is 9.16. The largest absolute Gasteiger partial charge is 0.326 e. The molecular formula is C16H22N2O. The maximum absolute atomic E-state index is 12.2. The van der Waals surface area contributed by atoms with E-state index in [0.717, 1.165) is 24.1 Å². The van der Waals surface area contributed by atoms with Crippen LogP contribution in [0.3, 0.4) is 0 Å². The van der Waals surface area contributed by atoms with Crippen LogP contribution < -0.4 is 5.32 Å². The monoisotopic (exact) mass is 258 g/mol. The van der Waals surface area contributed by atoms with Crippen LogP contribution >= 0.6 is 0 Å². The predicted molar refractivity (Wildman–Crippen MR) is 78.8 cm³/mol. The molecule has 0 radical (unpaired) electrons. The lowest BCUT2D eigenvalue weighted by atomic mass is 9.99. The smallest absolute Gasteiger partial charge is 0.227 e. The van der Waals surface area contributed by atoms with Gasteiger partial charge in [-0.3, -0.25) is 4.79 Å². The van der Waals surface area contributed by atoms with Crippen LogP contribution in [0.5, 0.6) is 0 Å². The van der Waals surface area contributed by atoms with Gasteiger partial charge in [0.05, 0.1) is 0 Å². The lowest BCUT2D eigenvalue weighted by molar-refractivity contribution is -0.120. The number of nitrogens with one attached hydrogen (secondary N) is 2. The molecule has 1 aliphatic rings. The predicted octanol–water partition coefficient (Wildman–Crippen LogP) is 3.98. The Morgan fingerprint density at radius 2 is 1.68 bits per heavy atom. The molecule has 1 saturated carbocycles. The van der Waals surface area contributed by atoms with Crippen molar-refractivity contribution in [3.05, 3.63) is 29.8 Å². The second-order valence-electron chi connectivity index (χ2n) is 5.38. The Labute approximate surface area is 114 Å². The highest BCUT2D eigenvalue weighted by Gasteiger charge is 2.19. The third-order valence-corrected chi connectivity index (χ3v) is 3.81. The fraction of sp³-hybridized carbons (Fsp3) is 0.500.